The quantitative estimate of drug-likeness (QED) is 0.858. The number of aliphatic hydroxyl groups is 1. The van der Waals surface area contributed by atoms with Gasteiger partial charge in [0.15, 0.2) is 0 Å². The molecule has 0 amide bonds. The lowest BCUT2D eigenvalue weighted by molar-refractivity contribution is 0.174. The number of aliphatic hydroxyl groups excluding tert-OH is 1. The minimum Gasteiger partial charge on any atom is -0.387 e. The van der Waals surface area contributed by atoms with E-state index in [0.717, 1.165) is 12.1 Å². The Balaban J connectivity index is 1.48. The van der Waals surface area contributed by atoms with Crippen molar-refractivity contribution in [2.75, 3.05) is 6.54 Å². The molecule has 0 aliphatic heterocycles. The maximum absolute atomic E-state index is 10.2. The monoisotopic (exact) mass is 302 g/mol. The minimum absolute atomic E-state index is 0.455. The van der Waals surface area contributed by atoms with Gasteiger partial charge in [-0.1, -0.05) is 36.2 Å². The fraction of sp³-hybridized carbons (Fsp3) is 0.471. The highest BCUT2D eigenvalue weighted by Gasteiger charge is 2.22. The van der Waals surface area contributed by atoms with Crippen molar-refractivity contribution < 1.29 is 5.11 Å². The number of rotatable bonds is 6. The highest BCUT2D eigenvalue weighted by atomic mass is 32.1. The van der Waals surface area contributed by atoms with E-state index in [9.17, 15) is 5.11 Å². The van der Waals surface area contributed by atoms with Crippen LogP contribution >= 0.6 is 11.3 Å². The van der Waals surface area contributed by atoms with Gasteiger partial charge >= 0.3 is 0 Å². The van der Waals surface area contributed by atoms with Crippen LogP contribution in [0.4, 0.5) is 0 Å². The first-order valence-corrected chi connectivity index (χ1v) is 8.44. The molecular weight excluding hydrogens is 280 g/mol. The second-order valence-electron chi connectivity index (χ2n) is 5.85. The number of aromatic nitrogens is 1. The summed E-state index contributed by atoms with van der Waals surface area (Å²) in [4.78, 5) is 5.78. The lowest BCUT2D eigenvalue weighted by Crippen LogP contribution is -2.20. The van der Waals surface area contributed by atoms with Gasteiger partial charge in [-0.2, -0.15) is 0 Å². The molecular formula is C17H22N2OS. The third kappa shape index (κ3) is 3.70. The van der Waals surface area contributed by atoms with Crippen LogP contribution < -0.4 is 5.32 Å². The second-order valence-corrected chi connectivity index (χ2v) is 7.00. The molecule has 0 radical (unpaired) electrons. The van der Waals surface area contributed by atoms with Crippen LogP contribution in [0, 0.1) is 6.92 Å². The van der Waals surface area contributed by atoms with E-state index in [0.29, 0.717) is 12.5 Å². The van der Waals surface area contributed by atoms with Gasteiger partial charge in [0.25, 0.3) is 0 Å². The van der Waals surface area contributed by atoms with Crippen LogP contribution in [-0.4, -0.2) is 16.6 Å². The summed E-state index contributed by atoms with van der Waals surface area (Å²) in [6.07, 6.45) is 5.47. The van der Waals surface area contributed by atoms with E-state index < -0.39 is 6.10 Å². The molecule has 112 valence electrons. The van der Waals surface area contributed by atoms with Crippen molar-refractivity contribution in [3.05, 3.63) is 51.5 Å². The summed E-state index contributed by atoms with van der Waals surface area (Å²) < 4.78 is 0. The van der Waals surface area contributed by atoms with Crippen LogP contribution in [0.15, 0.2) is 30.5 Å². The summed E-state index contributed by atoms with van der Waals surface area (Å²) in [6, 6.07) is 8.04. The molecule has 1 saturated carbocycles. The number of aryl methyl sites for hydroxylation is 1. The number of nitrogens with zero attached hydrogens (tertiary/aromatic N) is 1. The van der Waals surface area contributed by atoms with Crippen LogP contribution in [0.5, 0.6) is 0 Å². The Hall–Kier alpha value is -1.23. The molecule has 1 aliphatic rings. The van der Waals surface area contributed by atoms with E-state index in [-0.39, 0.29) is 0 Å². The van der Waals surface area contributed by atoms with E-state index >= 15 is 0 Å². The number of hydrogen-bond donors (Lipinski definition) is 2. The second kappa shape index (κ2) is 6.69. The largest absolute Gasteiger partial charge is 0.387 e. The molecule has 0 spiro atoms. The topological polar surface area (TPSA) is 45.1 Å². The number of nitrogens with one attached hydrogen (secondary N) is 1. The fourth-order valence-electron chi connectivity index (χ4n) is 2.58. The summed E-state index contributed by atoms with van der Waals surface area (Å²) in [7, 11) is 0. The standard InChI is InChI=1S/C17H22N2OS/c1-12-4-2-7-14(8-12)16(20)11-18-9-15-10-19-17(21-15)13-5-3-6-13/h2,4,7-8,10,13,16,18,20H,3,5-6,9,11H2,1H3. The predicted molar refractivity (Wildman–Crippen MR) is 86.6 cm³/mol. The molecule has 1 heterocycles. The Labute approximate surface area is 130 Å². The molecule has 2 aromatic rings. The van der Waals surface area contributed by atoms with Crippen molar-refractivity contribution in [1.29, 1.82) is 0 Å². The van der Waals surface area contributed by atoms with Gasteiger partial charge in [-0.15, -0.1) is 11.3 Å². The average molecular weight is 302 g/mol. The van der Waals surface area contributed by atoms with E-state index in [2.05, 4.69) is 10.3 Å². The van der Waals surface area contributed by atoms with Crippen molar-refractivity contribution in [3.63, 3.8) is 0 Å². The Morgan fingerprint density at radius 3 is 3.00 bits per heavy atom. The molecule has 1 aromatic carbocycles. The van der Waals surface area contributed by atoms with Crippen LogP contribution in [0.3, 0.4) is 0 Å². The molecule has 3 rings (SSSR count). The first-order valence-electron chi connectivity index (χ1n) is 7.62. The molecule has 2 N–H and O–H groups in total. The first-order chi connectivity index (χ1) is 10.2. The zero-order valence-electron chi connectivity index (χ0n) is 12.4. The van der Waals surface area contributed by atoms with Crippen LogP contribution in [-0.2, 0) is 6.54 Å². The smallest absolute Gasteiger partial charge is 0.0959 e. The van der Waals surface area contributed by atoms with E-state index in [1.165, 1.54) is 34.7 Å². The van der Waals surface area contributed by atoms with Gasteiger partial charge in [-0.3, -0.25) is 0 Å². The molecule has 1 fully saturated rings. The fourth-order valence-corrected chi connectivity index (χ4v) is 3.63. The summed E-state index contributed by atoms with van der Waals surface area (Å²) in [5.41, 5.74) is 2.15. The van der Waals surface area contributed by atoms with E-state index in [4.69, 9.17) is 0 Å². The lowest BCUT2D eigenvalue weighted by Gasteiger charge is -2.22. The Morgan fingerprint density at radius 2 is 2.29 bits per heavy atom. The van der Waals surface area contributed by atoms with E-state index in [1.54, 1.807) is 0 Å². The molecule has 3 nitrogen and oxygen atoms in total. The van der Waals surface area contributed by atoms with Gasteiger partial charge in [0.1, 0.15) is 0 Å². The van der Waals surface area contributed by atoms with Gasteiger partial charge in [-0.25, -0.2) is 4.98 Å². The van der Waals surface area contributed by atoms with Gasteiger partial charge in [0.2, 0.25) is 0 Å². The zero-order chi connectivity index (χ0) is 14.7. The van der Waals surface area contributed by atoms with Crippen molar-refractivity contribution in [2.24, 2.45) is 0 Å². The van der Waals surface area contributed by atoms with Crippen LogP contribution in [0.1, 0.15) is 52.3 Å². The Kier molecular flexibility index (Phi) is 4.68. The number of benzene rings is 1. The molecule has 21 heavy (non-hydrogen) atoms. The van der Waals surface area contributed by atoms with Crippen molar-refractivity contribution >= 4 is 11.3 Å². The molecule has 1 aromatic heterocycles. The van der Waals surface area contributed by atoms with Gasteiger partial charge in [0, 0.05) is 30.1 Å². The maximum Gasteiger partial charge on any atom is 0.0959 e. The zero-order valence-corrected chi connectivity index (χ0v) is 13.2. The molecule has 4 heteroatoms. The number of thiazole rings is 1. The summed E-state index contributed by atoms with van der Waals surface area (Å²) in [5.74, 6) is 0.710. The maximum atomic E-state index is 10.2. The SMILES string of the molecule is Cc1cccc(C(O)CNCc2cnc(C3CCC3)s2)c1. The van der Waals surface area contributed by atoms with E-state index in [1.807, 2.05) is 48.7 Å². The Morgan fingerprint density at radius 1 is 1.43 bits per heavy atom. The molecule has 1 unspecified atom stereocenters. The summed E-state index contributed by atoms with van der Waals surface area (Å²) >= 11 is 1.81. The van der Waals surface area contributed by atoms with Gasteiger partial charge < -0.3 is 10.4 Å². The Bertz CT molecular complexity index is 592. The molecule has 0 bridgehead atoms. The lowest BCUT2D eigenvalue weighted by atomic mass is 9.86. The summed E-state index contributed by atoms with van der Waals surface area (Å²) in [6.45, 7) is 3.40. The average Bonchev–Trinajstić information content (AvgIpc) is 2.85. The van der Waals surface area contributed by atoms with Crippen LogP contribution in [0.25, 0.3) is 0 Å². The van der Waals surface area contributed by atoms with Gasteiger partial charge in [-0.05, 0) is 25.3 Å². The third-order valence-electron chi connectivity index (χ3n) is 4.09. The third-order valence-corrected chi connectivity index (χ3v) is 5.25. The predicted octanol–water partition coefficient (Wildman–Crippen LogP) is 3.54. The normalized spacial score (nSPS) is 16.7. The molecule has 0 saturated heterocycles. The summed E-state index contributed by atoms with van der Waals surface area (Å²) in [5, 5.41) is 14.8. The molecule has 1 aliphatic carbocycles. The van der Waals surface area contributed by atoms with Crippen molar-refractivity contribution in [1.82, 2.24) is 10.3 Å². The van der Waals surface area contributed by atoms with Crippen LogP contribution in [0.2, 0.25) is 0 Å². The minimum atomic E-state index is -0.455. The first kappa shape index (κ1) is 14.7. The highest BCUT2D eigenvalue weighted by molar-refractivity contribution is 7.11. The van der Waals surface area contributed by atoms with Crippen molar-refractivity contribution in [3.8, 4) is 0 Å². The number of hydrogen-bond acceptors (Lipinski definition) is 4. The highest BCUT2D eigenvalue weighted by Crippen LogP contribution is 2.38. The van der Waals surface area contributed by atoms with Crippen molar-refractivity contribution in [2.45, 2.75) is 44.8 Å². The molecule has 1 atom stereocenters. The van der Waals surface area contributed by atoms with Gasteiger partial charge in [0.05, 0.1) is 11.1 Å².